The van der Waals surface area contributed by atoms with Crippen molar-refractivity contribution in [1.82, 2.24) is 25.4 Å². The highest BCUT2D eigenvalue weighted by molar-refractivity contribution is 5.98. The van der Waals surface area contributed by atoms with Crippen LogP contribution in [0.2, 0.25) is 0 Å². The SMILES string of the molecule is CC(C)(C)OC(=O)N[C@](C)(Cc1c[nH]c2ccccc12)C(=O)NC1CCCN2C(=O)N(Cc3ccccc3)C(=O)CC12. The van der Waals surface area contributed by atoms with Gasteiger partial charge in [-0.15, -0.1) is 0 Å². The van der Waals surface area contributed by atoms with E-state index in [1.165, 1.54) is 4.90 Å². The molecule has 2 saturated heterocycles. The monoisotopic (exact) mass is 573 g/mol. The molecule has 42 heavy (non-hydrogen) atoms. The molecular formula is C32H39N5O5. The zero-order valence-electron chi connectivity index (χ0n) is 24.6. The molecule has 2 unspecified atom stereocenters. The van der Waals surface area contributed by atoms with Crippen LogP contribution in [0.4, 0.5) is 9.59 Å². The minimum atomic E-state index is -1.38. The molecule has 10 nitrogen and oxygen atoms in total. The van der Waals surface area contributed by atoms with Gasteiger partial charge in [0.15, 0.2) is 0 Å². The zero-order chi connectivity index (χ0) is 30.1. The summed E-state index contributed by atoms with van der Waals surface area (Å²) in [5, 5.41) is 6.88. The van der Waals surface area contributed by atoms with Crippen molar-refractivity contribution < 1.29 is 23.9 Å². The van der Waals surface area contributed by atoms with Gasteiger partial charge in [0.25, 0.3) is 0 Å². The van der Waals surface area contributed by atoms with E-state index in [0.29, 0.717) is 19.4 Å². The first-order valence-electron chi connectivity index (χ1n) is 14.5. The fourth-order valence-corrected chi connectivity index (χ4v) is 5.88. The molecule has 0 radical (unpaired) electrons. The number of aromatic amines is 1. The van der Waals surface area contributed by atoms with Crippen LogP contribution < -0.4 is 10.6 Å². The summed E-state index contributed by atoms with van der Waals surface area (Å²) in [4.78, 5) is 59.9. The van der Waals surface area contributed by atoms with Gasteiger partial charge in [0, 0.05) is 42.5 Å². The van der Waals surface area contributed by atoms with Crippen LogP contribution >= 0.6 is 0 Å². The Morgan fingerprint density at radius 3 is 2.48 bits per heavy atom. The highest BCUT2D eigenvalue weighted by atomic mass is 16.6. The number of aromatic nitrogens is 1. The Bertz CT molecular complexity index is 1480. The van der Waals surface area contributed by atoms with Gasteiger partial charge in [0.05, 0.1) is 12.6 Å². The Morgan fingerprint density at radius 2 is 1.74 bits per heavy atom. The lowest BCUT2D eigenvalue weighted by Gasteiger charge is -2.47. The highest BCUT2D eigenvalue weighted by Gasteiger charge is 2.46. The lowest BCUT2D eigenvalue weighted by atomic mass is 9.88. The summed E-state index contributed by atoms with van der Waals surface area (Å²) in [6.45, 7) is 7.68. The number of imide groups is 1. The molecule has 0 spiro atoms. The molecule has 2 aromatic carbocycles. The molecule has 222 valence electrons. The summed E-state index contributed by atoms with van der Waals surface area (Å²) >= 11 is 0. The van der Waals surface area contributed by atoms with Gasteiger partial charge in [0.2, 0.25) is 11.8 Å². The predicted octanol–water partition coefficient (Wildman–Crippen LogP) is 4.50. The van der Waals surface area contributed by atoms with Crippen molar-refractivity contribution in [3.63, 3.8) is 0 Å². The van der Waals surface area contributed by atoms with Crippen molar-refractivity contribution in [3.8, 4) is 0 Å². The smallest absolute Gasteiger partial charge is 0.408 e. The Morgan fingerprint density at radius 1 is 1.02 bits per heavy atom. The number of hydrogen-bond acceptors (Lipinski definition) is 5. The third-order valence-electron chi connectivity index (χ3n) is 7.94. The lowest BCUT2D eigenvalue weighted by Crippen LogP contribution is -2.67. The number of rotatable bonds is 7. The summed E-state index contributed by atoms with van der Waals surface area (Å²) in [6, 6.07) is 15.9. The van der Waals surface area contributed by atoms with E-state index in [0.717, 1.165) is 22.0 Å². The van der Waals surface area contributed by atoms with Gasteiger partial charge in [0.1, 0.15) is 11.1 Å². The maximum Gasteiger partial charge on any atom is 0.408 e. The van der Waals surface area contributed by atoms with E-state index in [-0.39, 0.29) is 31.3 Å². The predicted molar refractivity (Wildman–Crippen MR) is 158 cm³/mol. The molecule has 3 heterocycles. The van der Waals surface area contributed by atoms with E-state index in [1.807, 2.05) is 60.8 Å². The van der Waals surface area contributed by atoms with Crippen molar-refractivity contribution in [2.45, 2.75) is 83.1 Å². The van der Waals surface area contributed by atoms with Gasteiger partial charge < -0.3 is 25.3 Å². The van der Waals surface area contributed by atoms with E-state index in [1.54, 1.807) is 32.6 Å². The third kappa shape index (κ3) is 6.27. The van der Waals surface area contributed by atoms with E-state index < -0.39 is 35.2 Å². The number of para-hydroxylation sites is 1. The van der Waals surface area contributed by atoms with Crippen molar-refractivity contribution in [2.24, 2.45) is 0 Å². The van der Waals surface area contributed by atoms with Crippen LogP contribution in [-0.2, 0) is 27.3 Å². The molecule has 2 aliphatic rings. The number of nitrogens with one attached hydrogen (secondary N) is 3. The summed E-state index contributed by atoms with van der Waals surface area (Å²) in [5.41, 5.74) is 0.540. The summed E-state index contributed by atoms with van der Waals surface area (Å²) in [7, 11) is 0. The summed E-state index contributed by atoms with van der Waals surface area (Å²) < 4.78 is 5.51. The molecule has 5 amide bonds. The quantitative estimate of drug-likeness (QED) is 0.384. The number of hydrogen-bond donors (Lipinski definition) is 3. The van der Waals surface area contributed by atoms with Crippen LogP contribution in [0.15, 0.2) is 60.8 Å². The number of benzene rings is 2. The van der Waals surface area contributed by atoms with Crippen LogP contribution in [0, 0.1) is 0 Å². The summed E-state index contributed by atoms with van der Waals surface area (Å²) in [5.74, 6) is -0.670. The average Bonchev–Trinajstić information content (AvgIpc) is 3.33. The van der Waals surface area contributed by atoms with Gasteiger partial charge in [-0.1, -0.05) is 48.5 Å². The average molecular weight is 574 g/mol. The minimum absolute atomic E-state index is 0.113. The van der Waals surface area contributed by atoms with Crippen molar-refractivity contribution in [3.05, 3.63) is 71.9 Å². The van der Waals surface area contributed by atoms with Crippen LogP contribution in [0.25, 0.3) is 10.9 Å². The zero-order valence-corrected chi connectivity index (χ0v) is 24.6. The number of carbonyl (C=O) groups is 4. The minimum Gasteiger partial charge on any atom is -0.444 e. The summed E-state index contributed by atoms with van der Waals surface area (Å²) in [6.07, 6.45) is 2.74. The van der Waals surface area contributed by atoms with Crippen LogP contribution in [0.3, 0.4) is 0 Å². The normalized spacial score (nSPS) is 20.6. The highest BCUT2D eigenvalue weighted by Crippen LogP contribution is 2.29. The van der Waals surface area contributed by atoms with Crippen molar-refractivity contribution in [1.29, 1.82) is 0 Å². The Kier molecular flexibility index (Phi) is 7.99. The van der Waals surface area contributed by atoms with E-state index in [2.05, 4.69) is 15.6 Å². The topological polar surface area (TPSA) is 124 Å². The van der Waals surface area contributed by atoms with Gasteiger partial charge in [-0.25, -0.2) is 9.59 Å². The van der Waals surface area contributed by atoms with Crippen LogP contribution in [0.1, 0.15) is 58.1 Å². The molecule has 1 aromatic heterocycles. The second-order valence-electron chi connectivity index (χ2n) is 12.4. The second kappa shape index (κ2) is 11.5. The first-order valence-corrected chi connectivity index (χ1v) is 14.5. The Labute approximate surface area is 245 Å². The molecule has 3 N–H and O–H groups in total. The molecule has 0 bridgehead atoms. The molecule has 0 saturated carbocycles. The van der Waals surface area contributed by atoms with Crippen LogP contribution in [-0.4, -0.2) is 68.5 Å². The third-order valence-corrected chi connectivity index (χ3v) is 7.94. The second-order valence-corrected chi connectivity index (χ2v) is 12.4. The molecule has 10 heteroatoms. The maximum absolute atomic E-state index is 14.0. The molecule has 5 rings (SSSR count). The van der Waals surface area contributed by atoms with E-state index in [9.17, 15) is 19.2 Å². The van der Waals surface area contributed by atoms with Gasteiger partial charge >= 0.3 is 12.1 Å². The van der Waals surface area contributed by atoms with Gasteiger partial charge in [-0.3, -0.25) is 14.5 Å². The van der Waals surface area contributed by atoms with E-state index in [4.69, 9.17) is 4.74 Å². The first kappa shape index (κ1) is 29.2. The molecular weight excluding hydrogens is 534 g/mol. The van der Waals surface area contributed by atoms with Crippen molar-refractivity contribution in [2.75, 3.05) is 6.54 Å². The number of alkyl carbamates (subject to hydrolysis) is 1. The number of fused-ring (bicyclic) bond motifs is 2. The first-order chi connectivity index (χ1) is 19.9. The molecule has 3 atom stereocenters. The lowest BCUT2D eigenvalue weighted by molar-refractivity contribution is -0.136. The van der Waals surface area contributed by atoms with Gasteiger partial charge in [-0.2, -0.15) is 0 Å². The standard InChI is InChI=1S/C32H39N5O5/c1-31(2,3)42-29(40)35-32(4,18-22-19-33-24-14-9-8-13-23(22)24)28(39)34-25-15-10-16-36-26(25)17-27(38)37(30(36)41)20-21-11-6-5-7-12-21/h5-9,11-14,19,25-26,33H,10,15-18,20H2,1-4H3,(H,34,39)(H,35,40)/t25?,26?,32-/m1/s1. The van der Waals surface area contributed by atoms with E-state index >= 15 is 0 Å². The fraction of sp³-hybridized carbons (Fsp3) is 0.438. The maximum atomic E-state index is 14.0. The Hall–Kier alpha value is -4.34. The molecule has 3 aromatic rings. The number of amides is 5. The number of carbonyl (C=O) groups excluding carboxylic acids is 4. The molecule has 2 aliphatic heterocycles. The number of ether oxygens (including phenoxy) is 1. The number of urea groups is 1. The number of H-pyrrole nitrogens is 1. The fourth-order valence-electron chi connectivity index (χ4n) is 5.88. The largest absolute Gasteiger partial charge is 0.444 e. The van der Waals surface area contributed by atoms with Gasteiger partial charge in [-0.05, 0) is 57.7 Å². The molecule has 2 fully saturated rings. The van der Waals surface area contributed by atoms with Crippen LogP contribution in [0.5, 0.6) is 0 Å². The molecule has 0 aliphatic carbocycles. The number of piperidine rings is 1. The van der Waals surface area contributed by atoms with Crippen molar-refractivity contribution >= 4 is 34.8 Å². The number of nitrogens with zero attached hydrogens (tertiary/aromatic N) is 2. The Balaban J connectivity index is 1.36.